The van der Waals surface area contributed by atoms with Gasteiger partial charge in [0.05, 0.1) is 7.11 Å². The molecule has 2 nitrogen and oxygen atoms in total. The molecule has 0 spiro atoms. The number of fused-ring (bicyclic) bond motifs is 1. The van der Waals surface area contributed by atoms with E-state index in [0.717, 1.165) is 11.3 Å². The van der Waals surface area contributed by atoms with Crippen LogP contribution in [0.2, 0.25) is 0 Å². The Labute approximate surface area is 113 Å². The fraction of sp³-hybridized carbons (Fsp3) is 0.235. The summed E-state index contributed by atoms with van der Waals surface area (Å²) in [5.41, 5.74) is 3.48. The van der Waals surface area contributed by atoms with E-state index in [4.69, 9.17) is 4.74 Å². The molecule has 2 aromatic rings. The Kier molecular flexibility index (Phi) is 3.08. The van der Waals surface area contributed by atoms with E-state index in [0.29, 0.717) is 12.8 Å². The molecule has 0 radical (unpaired) electrons. The Morgan fingerprint density at radius 3 is 2.58 bits per heavy atom. The molecule has 1 aliphatic carbocycles. The minimum absolute atomic E-state index is 0.160. The summed E-state index contributed by atoms with van der Waals surface area (Å²) in [4.78, 5) is 12.0. The minimum atomic E-state index is 0.160. The average molecular weight is 252 g/mol. The highest BCUT2D eigenvalue weighted by Crippen LogP contribution is 2.38. The smallest absolute Gasteiger partial charge is 0.138 e. The lowest BCUT2D eigenvalue weighted by Gasteiger charge is -2.26. The summed E-state index contributed by atoms with van der Waals surface area (Å²) >= 11 is 0. The molecule has 0 N–H and O–H groups in total. The van der Waals surface area contributed by atoms with E-state index in [1.165, 1.54) is 11.1 Å². The number of hydrogen-bond donors (Lipinski definition) is 0. The number of Topliss-reactive ketones (excluding diaryl/α,β-unsaturated/α-hetero) is 1. The molecule has 0 saturated heterocycles. The topological polar surface area (TPSA) is 26.3 Å². The van der Waals surface area contributed by atoms with Gasteiger partial charge in [-0.25, -0.2) is 0 Å². The zero-order valence-electron chi connectivity index (χ0n) is 10.9. The molecular formula is C17H16O2. The van der Waals surface area contributed by atoms with Crippen LogP contribution < -0.4 is 4.74 Å². The first-order chi connectivity index (χ1) is 9.29. The Morgan fingerprint density at radius 1 is 1.05 bits per heavy atom. The number of carbonyl (C=O) groups excluding carboxylic acids is 1. The number of ketones is 1. The highest BCUT2D eigenvalue weighted by Gasteiger charge is 2.28. The Morgan fingerprint density at radius 2 is 1.84 bits per heavy atom. The van der Waals surface area contributed by atoms with E-state index in [-0.39, 0.29) is 11.7 Å². The lowest BCUT2D eigenvalue weighted by molar-refractivity contribution is -0.119. The van der Waals surface area contributed by atoms with E-state index in [2.05, 4.69) is 18.2 Å². The number of benzene rings is 2. The summed E-state index contributed by atoms with van der Waals surface area (Å²) in [6.07, 6.45) is 1.08. The van der Waals surface area contributed by atoms with Gasteiger partial charge in [-0.1, -0.05) is 42.5 Å². The Hall–Kier alpha value is -2.09. The van der Waals surface area contributed by atoms with Crippen molar-refractivity contribution in [3.05, 3.63) is 65.2 Å². The highest BCUT2D eigenvalue weighted by atomic mass is 16.5. The molecule has 2 heteroatoms. The van der Waals surface area contributed by atoms with Crippen LogP contribution in [-0.4, -0.2) is 12.9 Å². The highest BCUT2D eigenvalue weighted by molar-refractivity contribution is 5.85. The summed E-state index contributed by atoms with van der Waals surface area (Å²) in [5, 5.41) is 0. The van der Waals surface area contributed by atoms with Gasteiger partial charge in [0.15, 0.2) is 0 Å². The van der Waals surface area contributed by atoms with Gasteiger partial charge in [0, 0.05) is 24.3 Å². The molecule has 1 atom stereocenters. The van der Waals surface area contributed by atoms with E-state index >= 15 is 0 Å². The predicted molar refractivity (Wildman–Crippen MR) is 74.6 cm³/mol. The monoisotopic (exact) mass is 252 g/mol. The van der Waals surface area contributed by atoms with Crippen molar-refractivity contribution in [3.8, 4) is 5.75 Å². The van der Waals surface area contributed by atoms with Crippen molar-refractivity contribution in [3.63, 3.8) is 0 Å². The summed E-state index contributed by atoms with van der Waals surface area (Å²) in [6.45, 7) is 0. The molecule has 0 saturated carbocycles. The van der Waals surface area contributed by atoms with Crippen LogP contribution in [-0.2, 0) is 11.2 Å². The number of carbonyl (C=O) groups is 1. The van der Waals surface area contributed by atoms with Crippen LogP contribution in [0.25, 0.3) is 0 Å². The number of ether oxygens (including phenoxy) is 1. The first kappa shape index (κ1) is 12.0. The van der Waals surface area contributed by atoms with Gasteiger partial charge in [-0.3, -0.25) is 4.79 Å². The molecule has 0 bridgehead atoms. The fourth-order valence-corrected chi connectivity index (χ4v) is 2.88. The van der Waals surface area contributed by atoms with Crippen molar-refractivity contribution < 1.29 is 9.53 Å². The van der Waals surface area contributed by atoms with Gasteiger partial charge in [-0.15, -0.1) is 0 Å². The zero-order chi connectivity index (χ0) is 13.2. The number of hydrogen-bond acceptors (Lipinski definition) is 2. The SMILES string of the molecule is COc1cccc2c1CC(=O)CC2c1ccccc1. The predicted octanol–water partition coefficient (Wildman–Crippen LogP) is 3.34. The van der Waals surface area contributed by atoms with Gasteiger partial charge < -0.3 is 4.74 Å². The van der Waals surface area contributed by atoms with Crippen LogP contribution in [0, 0.1) is 0 Å². The molecule has 19 heavy (non-hydrogen) atoms. The van der Waals surface area contributed by atoms with Crippen molar-refractivity contribution in [2.45, 2.75) is 18.8 Å². The van der Waals surface area contributed by atoms with Crippen molar-refractivity contribution in [2.75, 3.05) is 7.11 Å². The van der Waals surface area contributed by atoms with Crippen LogP contribution in [0.4, 0.5) is 0 Å². The van der Waals surface area contributed by atoms with Gasteiger partial charge in [-0.2, -0.15) is 0 Å². The Balaban J connectivity index is 2.13. The van der Waals surface area contributed by atoms with Crippen LogP contribution in [0.1, 0.15) is 29.0 Å². The van der Waals surface area contributed by atoms with Gasteiger partial charge in [0.25, 0.3) is 0 Å². The largest absolute Gasteiger partial charge is 0.496 e. The van der Waals surface area contributed by atoms with Gasteiger partial charge in [0.1, 0.15) is 11.5 Å². The second kappa shape index (κ2) is 4.88. The van der Waals surface area contributed by atoms with Gasteiger partial charge >= 0.3 is 0 Å². The second-order valence-electron chi connectivity index (χ2n) is 4.91. The summed E-state index contributed by atoms with van der Waals surface area (Å²) in [6, 6.07) is 16.3. The van der Waals surface area contributed by atoms with Gasteiger partial charge in [-0.05, 0) is 17.2 Å². The minimum Gasteiger partial charge on any atom is -0.496 e. The van der Waals surface area contributed by atoms with Crippen LogP contribution in [0.3, 0.4) is 0 Å². The molecule has 0 fully saturated rings. The fourth-order valence-electron chi connectivity index (χ4n) is 2.88. The first-order valence-corrected chi connectivity index (χ1v) is 6.52. The number of rotatable bonds is 2. The second-order valence-corrected chi connectivity index (χ2v) is 4.91. The molecule has 1 aliphatic rings. The summed E-state index contributed by atoms with van der Waals surface area (Å²) in [5.74, 6) is 1.27. The standard InChI is InChI=1S/C17H16O2/c1-19-17-9-5-8-14-15(10-13(18)11-16(14)17)12-6-3-2-4-7-12/h2-9,15H,10-11H2,1H3. The lowest BCUT2D eigenvalue weighted by atomic mass is 9.78. The van der Waals surface area contributed by atoms with Crippen LogP contribution in [0.15, 0.2) is 48.5 Å². The molecule has 0 amide bonds. The lowest BCUT2D eigenvalue weighted by Crippen LogP contribution is -2.19. The van der Waals surface area contributed by atoms with Crippen molar-refractivity contribution in [1.82, 2.24) is 0 Å². The Bertz CT molecular complexity index is 602. The summed E-state index contributed by atoms with van der Waals surface area (Å²) < 4.78 is 5.39. The van der Waals surface area contributed by atoms with E-state index < -0.39 is 0 Å². The molecule has 2 aromatic carbocycles. The van der Waals surface area contributed by atoms with Crippen LogP contribution >= 0.6 is 0 Å². The maximum Gasteiger partial charge on any atom is 0.138 e. The molecule has 0 heterocycles. The molecular weight excluding hydrogens is 236 g/mol. The normalized spacial score (nSPS) is 17.9. The number of methoxy groups -OCH3 is 1. The van der Waals surface area contributed by atoms with E-state index in [1.54, 1.807) is 7.11 Å². The maximum absolute atomic E-state index is 12.0. The maximum atomic E-state index is 12.0. The molecule has 96 valence electrons. The van der Waals surface area contributed by atoms with E-state index in [1.807, 2.05) is 30.3 Å². The third-order valence-electron chi connectivity index (χ3n) is 3.77. The van der Waals surface area contributed by atoms with Crippen molar-refractivity contribution in [2.24, 2.45) is 0 Å². The van der Waals surface area contributed by atoms with Crippen LogP contribution in [0.5, 0.6) is 5.75 Å². The van der Waals surface area contributed by atoms with Crippen molar-refractivity contribution in [1.29, 1.82) is 0 Å². The molecule has 0 aromatic heterocycles. The van der Waals surface area contributed by atoms with Gasteiger partial charge in [0.2, 0.25) is 0 Å². The van der Waals surface area contributed by atoms with Crippen molar-refractivity contribution >= 4 is 5.78 Å². The molecule has 1 unspecified atom stereocenters. The third-order valence-corrected chi connectivity index (χ3v) is 3.77. The summed E-state index contributed by atoms with van der Waals surface area (Å²) in [7, 11) is 1.66. The first-order valence-electron chi connectivity index (χ1n) is 6.52. The quantitative estimate of drug-likeness (QED) is 0.819. The molecule has 0 aliphatic heterocycles. The average Bonchev–Trinajstić information content (AvgIpc) is 2.46. The zero-order valence-corrected chi connectivity index (χ0v) is 10.9. The third kappa shape index (κ3) is 2.14. The molecule has 3 rings (SSSR count). The van der Waals surface area contributed by atoms with E-state index in [9.17, 15) is 4.79 Å².